The standard InChI is InChI=1S/C8H15NO6/c1-3(11)9-5-7(13)6(12)4(2-10)15-8(5)14/h4-8,10,12-14H,2H2,1H3,(H,9,11)/t4?,5-,6-,7+,8-/m0/s1. The number of rotatable bonds is 2. The lowest BCUT2D eigenvalue weighted by Crippen LogP contribution is -2.63. The van der Waals surface area contributed by atoms with Gasteiger partial charge in [-0.25, -0.2) is 0 Å². The van der Waals surface area contributed by atoms with Gasteiger partial charge < -0.3 is 30.5 Å². The van der Waals surface area contributed by atoms with E-state index in [1.54, 1.807) is 0 Å². The molecule has 1 aliphatic rings. The summed E-state index contributed by atoms with van der Waals surface area (Å²) in [6.07, 6.45) is -5.24. The van der Waals surface area contributed by atoms with Gasteiger partial charge in [0.1, 0.15) is 24.4 Å². The molecule has 1 amide bonds. The molecule has 1 aliphatic heterocycles. The third-order valence-electron chi connectivity index (χ3n) is 2.27. The largest absolute Gasteiger partial charge is 0.394 e. The molecule has 5 atom stereocenters. The molecule has 0 aliphatic carbocycles. The Kier molecular flexibility index (Phi) is 4.00. The first-order chi connectivity index (χ1) is 6.97. The summed E-state index contributed by atoms with van der Waals surface area (Å²) in [5.74, 6) is -0.462. The number of ether oxygens (including phenoxy) is 1. The summed E-state index contributed by atoms with van der Waals surface area (Å²) in [5.41, 5.74) is 0. The van der Waals surface area contributed by atoms with E-state index in [4.69, 9.17) is 9.84 Å². The summed E-state index contributed by atoms with van der Waals surface area (Å²) in [4.78, 5) is 10.7. The van der Waals surface area contributed by atoms with Crippen molar-refractivity contribution in [1.29, 1.82) is 0 Å². The van der Waals surface area contributed by atoms with Gasteiger partial charge in [0, 0.05) is 6.92 Å². The Balaban J connectivity index is 2.70. The molecule has 0 spiro atoms. The van der Waals surface area contributed by atoms with Gasteiger partial charge >= 0.3 is 0 Å². The highest BCUT2D eigenvalue weighted by Crippen LogP contribution is 2.19. The molecule has 1 fully saturated rings. The second-order valence-corrected chi connectivity index (χ2v) is 3.46. The van der Waals surface area contributed by atoms with Crippen LogP contribution in [0.5, 0.6) is 0 Å². The van der Waals surface area contributed by atoms with Crippen molar-refractivity contribution >= 4 is 5.91 Å². The topological polar surface area (TPSA) is 119 Å². The van der Waals surface area contributed by atoms with Crippen LogP contribution < -0.4 is 5.32 Å². The predicted octanol–water partition coefficient (Wildman–Crippen LogP) is -3.08. The molecule has 0 radical (unpaired) electrons. The van der Waals surface area contributed by atoms with Crippen LogP contribution in [0.2, 0.25) is 0 Å². The van der Waals surface area contributed by atoms with Crippen LogP contribution in [0.15, 0.2) is 0 Å². The molecular weight excluding hydrogens is 206 g/mol. The molecule has 88 valence electrons. The molecule has 15 heavy (non-hydrogen) atoms. The lowest BCUT2D eigenvalue weighted by molar-refractivity contribution is -0.253. The van der Waals surface area contributed by atoms with Crippen molar-refractivity contribution < 1.29 is 30.0 Å². The summed E-state index contributed by atoms with van der Waals surface area (Å²) < 4.78 is 4.81. The second kappa shape index (κ2) is 4.86. The monoisotopic (exact) mass is 221 g/mol. The van der Waals surface area contributed by atoms with Crippen molar-refractivity contribution in [3.63, 3.8) is 0 Å². The first kappa shape index (κ1) is 12.3. The molecule has 1 heterocycles. The fourth-order valence-corrected chi connectivity index (χ4v) is 1.49. The molecule has 0 aromatic rings. The molecule has 0 aromatic carbocycles. The minimum atomic E-state index is -1.45. The zero-order chi connectivity index (χ0) is 11.6. The van der Waals surface area contributed by atoms with Gasteiger partial charge in [-0.3, -0.25) is 4.79 Å². The highest BCUT2D eigenvalue weighted by Gasteiger charge is 2.43. The maximum absolute atomic E-state index is 10.7. The third kappa shape index (κ3) is 2.64. The first-order valence-corrected chi connectivity index (χ1v) is 4.55. The average Bonchev–Trinajstić information content (AvgIpc) is 2.18. The number of carbonyl (C=O) groups excluding carboxylic acids is 1. The van der Waals surface area contributed by atoms with E-state index in [0.29, 0.717) is 0 Å². The van der Waals surface area contributed by atoms with E-state index in [-0.39, 0.29) is 0 Å². The smallest absolute Gasteiger partial charge is 0.217 e. The van der Waals surface area contributed by atoms with E-state index in [9.17, 15) is 20.1 Å². The fourth-order valence-electron chi connectivity index (χ4n) is 1.49. The Morgan fingerprint density at radius 2 is 1.93 bits per heavy atom. The molecule has 0 aromatic heterocycles. The SMILES string of the molecule is CC(=O)N[C@H]1[C@@H](O)[C@@H](O)C(CO)O[C@@H]1O. The zero-order valence-corrected chi connectivity index (χ0v) is 8.20. The van der Waals surface area contributed by atoms with Crippen molar-refractivity contribution in [1.82, 2.24) is 5.32 Å². The lowest BCUT2D eigenvalue weighted by atomic mass is 9.97. The van der Waals surface area contributed by atoms with Crippen LogP contribution in [0, 0.1) is 0 Å². The highest BCUT2D eigenvalue weighted by molar-refractivity contribution is 5.73. The molecule has 1 unspecified atom stereocenters. The molecule has 5 N–H and O–H groups in total. The van der Waals surface area contributed by atoms with Crippen LogP contribution in [0.3, 0.4) is 0 Å². The second-order valence-electron chi connectivity index (χ2n) is 3.46. The van der Waals surface area contributed by atoms with Crippen LogP contribution >= 0.6 is 0 Å². The molecule has 0 bridgehead atoms. The number of aliphatic hydroxyl groups excluding tert-OH is 4. The molecule has 7 nitrogen and oxygen atoms in total. The van der Waals surface area contributed by atoms with Crippen molar-refractivity contribution in [3.05, 3.63) is 0 Å². The minimum Gasteiger partial charge on any atom is -0.394 e. The molecule has 7 heteroatoms. The van der Waals surface area contributed by atoms with Crippen LogP contribution in [0.4, 0.5) is 0 Å². The Hall–Kier alpha value is -0.730. The van der Waals surface area contributed by atoms with Crippen LogP contribution in [0.1, 0.15) is 6.92 Å². The number of nitrogens with one attached hydrogen (secondary N) is 1. The maximum atomic E-state index is 10.7. The van der Waals surface area contributed by atoms with Crippen molar-refractivity contribution in [2.45, 2.75) is 37.6 Å². The highest BCUT2D eigenvalue weighted by atomic mass is 16.6. The normalized spacial score (nSPS) is 41.3. The van der Waals surface area contributed by atoms with Gasteiger partial charge in [0.25, 0.3) is 0 Å². The van der Waals surface area contributed by atoms with Gasteiger partial charge in [-0.2, -0.15) is 0 Å². The van der Waals surface area contributed by atoms with Crippen LogP contribution in [-0.2, 0) is 9.53 Å². The van der Waals surface area contributed by atoms with Gasteiger partial charge in [-0.15, -0.1) is 0 Å². The Morgan fingerprint density at radius 1 is 1.33 bits per heavy atom. The van der Waals surface area contributed by atoms with Crippen molar-refractivity contribution in [2.75, 3.05) is 6.61 Å². The zero-order valence-electron chi connectivity index (χ0n) is 8.20. The van der Waals surface area contributed by atoms with E-state index in [1.807, 2.05) is 0 Å². The van der Waals surface area contributed by atoms with E-state index < -0.39 is 43.2 Å². The Morgan fingerprint density at radius 3 is 2.40 bits per heavy atom. The van der Waals surface area contributed by atoms with E-state index in [0.717, 1.165) is 0 Å². The van der Waals surface area contributed by atoms with Gasteiger partial charge in [-0.05, 0) is 0 Å². The van der Waals surface area contributed by atoms with Gasteiger partial charge in [-0.1, -0.05) is 0 Å². The van der Waals surface area contributed by atoms with Crippen LogP contribution in [0.25, 0.3) is 0 Å². The Bertz CT molecular complexity index is 235. The fraction of sp³-hybridized carbons (Fsp3) is 0.875. The van der Waals surface area contributed by atoms with E-state index in [2.05, 4.69) is 5.32 Å². The third-order valence-corrected chi connectivity index (χ3v) is 2.27. The lowest BCUT2D eigenvalue weighted by Gasteiger charge is -2.40. The molecule has 1 rings (SSSR count). The number of carbonyl (C=O) groups is 1. The van der Waals surface area contributed by atoms with Gasteiger partial charge in [0.15, 0.2) is 6.29 Å². The van der Waals surface area contributed by atoms with E-state index >= 15 is 0 Å². The summed E-state index contributed by atoms with van der Waals surface area (Å²) in [6, 6.07) is -1.10. The first-order valence-electron chi connectivity index (χ1n) is 4.55. The quantitative estimate of drug-likeness (QED) is 0.337. The molecular formula is C8H15NO6. The predicted molar refractivity (Wildman–Crippen MR) is 47.6 cm³/mol. The van der Waals surface area contributed by atoms with Crippen molar-refractivity contribution in [2.24, 2.45) is 0 Å². The maximum Gasteiger partial charge on any atom is 0.217 e. The number of amides is 1. The number of hydrogen-bond acceptors (Lipinski definition) is 6. The Labute approximate surface area is 86.3 Å². The molecule has 0 saturated carbocycles. The summed E-state index contributed by atoms with van der Waals surface area (Å²) >= 11 is 0. The number of aliphatic hydroxyl groups is 4. The summed E-state index contributed by atoms with van der Waals surface area (Å²) in [7, 11) is 0. The minimum absolute atomic E-state index is 0.462. The average molecular weight is 221 g/mol. The van der Waals surface area contributed by atoms with E-state index in [1.165, 1.54) is 6.92 Å². The van der Waals surface area contributed by atoms with Gasteiger partial charge in [0.2, 0.25) is 5.91 Å². The molecule has 1 saturated heterocycles. The van der Waals surface area contributed by atoms with Gasteiger partial charge in [0.05, 0.1) is 6.61 Å². The number of hydrogen-bond donors (Lipinski definition) is 5. The summed E-state index contributed by atoms with van der Waals surface area (Å²) in [6.45, 7) is 0.687. The van der Waals surface area contributed by atoms with Crippen molar-refractivity contribution in [3.8, 4) is 0 Å². The summed E-state index contributed by atoms with van der Waals surface area (Å²) in [5, 5.41) is 39.4. The van der Waals surface area contributed by atoms with Crippen LogP contribution in [-0.4, -0.2) is 63.6 Å².